The highest BCUT2D eigenvalue weighted by atomic mass is 19.4. The average Bonchev–Trinajstić information content (AvgIpc) is 2.44. The molecule has 5 heteroatoms. The minimum absolute atomic E-state index is 0.0837. The van der Waals surface area contributed by atoms with Gasteiger partial charge in [-0.2, -0.15) is 13.2 Å². The molecule has 1 fully saturated rings. The molecule has 0 spiro atoms. The Hall–Kier alpha value is -1.78. The van der Waals surface area contributed by atoms with Crippen molar-refractivity contribution in [3.8, 4) is 0 Å². The third-order valence-electron chi connectivity index (χ3n) is 4.10. The van der Waals surface area contributed by atoms with Crippen molar-refractivity contribution in [3.05, 3.63) is 41.5 Å². The zero-order chi connectivity index (χ0) is 16.3. The first-order chi connectivity index (χ1) is 10.3. The second-order valence-electron chi connectivity index (χ2n) is 5.83. The van der Waals surface area contributed by atoms with E-state index in [1.807, 2.05) is 18.7 Å². The second kappa shape index (κ2) is 6.55. The maximum Gasteiger partial charge on any atom is 0.416 e. The molecular weight excluding hydrogens is 291 g/mol. The molecule has 2 nitrogen and oxygen atoms in total. The molecule has 1 aromatic rings. The molecule has 0 N–H and O–H groups in total. The van der Waals surface area contributed by atoms with Crippen LogP contribution in [0.3, 0.4) is 0 Å². The quantitative estimate of drug-likeness (QED) is 0.736. The molecule has 1 amide bonds. The van der Waals surface area contributed by atoms with Crippen molar-refractivity contribution in [1.82, 2.24) is 4.90 Å². The number of amides is 1. The number of alkyl halides is 3. The van der Waals surface area contributed by atoms with E-state index in [0.717, 1.165) is 31.4 Å². The van der Waals surface area contributed by atoms with Crippen LogP contribution in [-0.4, -0.2) is 22.9 Å². The highest BCUT2D eigenvalue weighted by Crippen LogP contribution is 2.29. The Balaban J connectivity index is 2.06. The number of rotatable bonds is 2. The number of likely N-dealkylation sites (tertiary alicyclic amines) is 1. The fourth-order valence-electron chi connectivity index (χ4n) is 2.89. The highest BCUT2D eigenvalue weighted by molar-refractivity contribution is 5.92. The van der Waals surface area contributed by atoms with Crippen LogP contribution >= 0.6 is 0 Å². The zero-order valence-corrected chi connectivity index (χ0v) is 12.7. The minimum Gasteiger partial charge on any atom is -0.334 e. The molecule has 0 saturated carbocycles. The van der Waals surface area contributed by atoms with Crippen LogP contribution in [0.25, 0.3) is 6.08 Å². The van der Waals surface area contributed by atoms with Crippen molar-refractivity contribution in [2.24, 2.45) is 0 Å². The van der Waals surface area contributed by atoms with E-state index >= 15 is 0 Å². The molecule has 22 heavy (non-hydrogen) atoms. The van der Waals surface area contributed by atoms with Crippen LogP contribution in [0.4, 0.5) is 13.2 Å². The molecule has 120 valence electrons. The van der Waals surface area contributed by atoms with E-state index < -0.39 is 11.7 Å². The standard InChI is InChI=1S/C17H20F3NO/c1-12-4-3-5-13(2)21(12)16(22)11-8-14-6-9-15(10-7-14)17(18,19)20/h6-13H,3-5H2,1-2H3. The molecular formula is C17H20F3NO. The highest BCUT2D eigenvalue weighted by Gasteiger charge is 2.30. The first-order valence-electron chi connectivity index (χ1n) is 7.46. The van der Waals surface area contributed by atoms with Crippen molar-refractivity contribution in [2.75, 3.05) is 0 Å². The Kier molecular flexibility index (Phi) is 4.94. The Morgan fingerprint density at radius 2 is 1.68 bits per heavy atom. The number of hydrogen-bond acceptors (Lipinski definition) is 1. The monoisotopic (exact) mass is 311 g/mol. The van der Waals surface area contributed by atoms with Crippen molar-refractivity contribution in [2.45, 2.75) is 51.4 Å². The summed E-state index contributed by atoms with van der Waals surface area (Å²) in [6.07, 6.45) is 1.78. The summed E-state index contributed by atoms with van der Waals surface area (Å²) in [5, 5.41) is 0. The Labute approximate surface area is 128 Å². The lowest BCUT2D eigenvalue weighted by molar-refractivity contribution is -0.137. The lowest BCUT2D eigenvalue weighted by Gasteiger charge is -2.38. The van der Waals surface area contributed by atoms with Gasteiger partial charge in [0.15, 0.2) is 0 Å². The van der Waals surface area contributed by atoms with E-state index in [-0.39, 0.29) is 18.0 Å². The molecule has 1 aromatic carbocycles. The second-order valence-corrected chi connectivity index (χ2v) is 5.83. The summed E-state index contributed by atoms with van der Waals surface area (Å²) < 4.78 is 37.5. The van der Waals surface area contributed by atoms with E-state index in [0.29, 0.717) is 5.56 Å². The number of carbonyl (C=O) groups excluding carboxylic acids is 1. The molecule has 0 aromatic heterocycles. The van der Waals surface area contributed by atoms with Gasteiger partial charge in [-0.15, -0.1) is 0 Å². The number of benzene rings is 1. The lowest BCUT2D eigenvalue weighted by atomic mass is 9.97. The van der Waals surface area contributed by atoms with E-state index in [4.69, 9.17) is 0 Å². The number of halogens is 3. The van der Waals surface area contributed by atoms with E-state index in [1.54, 1.807) is 6.08 Å². The van der Waals surface area contributed by atoms with E-state index in [2.05, 4.69) is 0 Å². The molecule has 2 unspecified atom stereocenters. The van der Waals surface area contributed by atoms with Crippen LogP contribution in [0.2, 0.25) is 0 Å². The van der Waals surface area contributed by atoms with Gasteiger partial charge < -0.3 is 4.90 Å². The third kappa shape index (κ3) is 3.90. The van der Waals surface area contributed by atoms with Crippen LogP contribution in [0.1, 0.15) is 44.2 Å². The maximum atomic E-state index is 12.5. The number of hydrogen-bond donors (Lipinski definition) is 0. The largest absolute Gasteiger partial charge is 0.416 e. The molecule has 0 aliphatic carbocycles. The molecule has 0 radical (unpaired) electrons. The smallest absolute Gasteiger partial charge is 0.334 e. The van der Waals surface area contributed by atoms with Crippen LogP contribution in [-0.2, 0) is 11.0 Å². The van der Waals surface area contributed by atoms with Gasteiger partial charge in [0.05, 0.1) is 5.56 Å². The third-order valence-corrected chi connectivity index (χ3v) is 4.10. The Morgan fingerprint density at radius 1 is 1.14 bits per heavy atom. The van der Waals surface area contributed by atoms with Crippen LogP contribution in [0, 0.1) is 0 Å². The van der Waals surface area contributed by atoms with Gasteiger partial charge in [0.1, 0.15) is 0 Å². The summed E-state index contributed by atoms with van der Waals surface area (Å²) in [6, 6.07) is 5.19. The molecule has 0 bridgehead atoms. The van der Waals surface area contributed by atoms with Crippen LogP contribution < -0.4 is 0 Å². The summed E-state index contributed by atoms with van der Waals surface area (Å²) in [4.78, 5) is 14.1. The molecule has 1 aliphatic rings. The van der Waals surface area contributed by atoms with Gasteiger partial charge in [0.25, 0.3) is 0 Å². The topological polar surface area (TPSA) is 20.3 Å². The van der Waals surface area contributed by atoms with E-state index in [1.165, 1.54) is 18.2 Å². The fourth-order valence-corrected chi connectivity index (χ4v) is 2.89. The van der Waals surface area contributed by atoms with E-state index in [9.17, 15) is 18.0 Å². The minimum atomic E-state index is -4.34. The SMILES string of the molecule is CC1CCCC(C)N1C(=O)C=Cc1ccc(C(F)(F)F)cc1. The first-order valence-corrected chi connectivity index (χ1v) is 7.46. The Morgan fingerprint density at radius 3 is 2.18 bits per heavy atom. The molecule has 2 rings (SSSR count). The summed E-state index contributed by atoms with van der Waals surface area (Å²) in [7, 11) is 0. The normalized spacial score (nSPS) is 23.0. The van der Waals surface area contributed by atoms with Crippen molar-refractivity contribution in [1.29, 1.82) is 0 Å². The van der Waals surface area contributed by atoms with Gasteiger partial charge in [0.2, 0.25) is 5.91 Å². The Bertz CT molecular complexity index is 538. The fraction of sp³-hybridized carbons (Fsp3) is 0.471. The maximum absolute atomic E-state index is 12.5. The first kappa shape index (κ1) is 16.6. The predicted octanol–water partition coefficient (Wildman–Crippen LogP) is 4.51. The van der Waals surface area contributed by atoms with Crippen molar-refractivity contribution < 1.29 is 18.0 Å². The summed E-state index contributed by atoms with van der Waals surface area (Å²) in [6.45, 7) is 4.05. The number of nitrogens with zero attached hydrogens (tertiary/aromatic N) is 1. The number of carbonyl (C=O) groups is 1. The average molecular weight is 311 g/mol. The number of piperidine rings is 1. The molecule has 2 atom stereocenters. The molecule has 1 saturated heterocycles. The lowest BCUT2D eigenvalue weighted by Crippen LogP contribution is -2.46. The van der Waals surface area contributed by atoms with Crippen molar-refractivity contribution in [3.63, 3.8) is 0 Å². The van der Waals surface area contributed by atoms with Gasteiger partial charge >= 0.3 is 6.18 Å². The molecule has 1 aliphatic heterocycles. The zero-order valence-electron chi connectivity index (χ0n) is 12.7. The summed E-state index contributed by atoms with van der Waals surface area (Å²) in [5.74, 6) is -0.0837. The van der Waals surface area contributed by atoms with Crippen LogP contribution in [0.5, 0.6) is 0 Å². The summed E-state index contributed by atoms with van der Waals surface area (Å²) in [5.41, 5.74) is -0.104. The van der Waals surface area contributed by atoms with Gasteiger partial charge in [-0.1, -0.05) is 12.1 Å². The molecule has 1 heterocycles. The van der Waals surface area contributed by atoms with Gasteiger partial charge in [-0.25, -0.2) is 0 Å². The van der Waals surface area contributed by atoms with Crippen LogP contribution in [0.15, 0.2) is 30.3 Å². The van der Waals surface area contributed by atoms with Gasteiger partial charge in [-0.05, 0) is 56.9 Å². The van der Waals surface area contributed by atoms with Gasteiger partial charge in [-0.3, -0.25) is 4.79 Å². The summed E-state index contributed by atoms with van der Waals surface area (Å²) >= 11 is 0. The van der Waals surface area contributed by atoms with Crippen molar-refractivity contribution >= 4 is 12.0 Å². The predicted molar refractivity (Wildman–Crippen MR) is 80.1 cm³/mol. The van der Waals surface area contributed by atoms with Gasteiger partial charge in [0, 0.05) is 18.2 Å².